The highest BCUT2D eigenvalue weighted by atomic mass is 16.3. The predicted octanol–water partition coefficient (Wildman–Crippen LogP) is 2.31. The second-order valence-electron chi connectivity index (χ2n) is 6.88. The molecule has 3 amide bonds. The number of rotatable bonds is 7. The monoisotopic (exact) mass is 369 g/mol. The Labute approximate surface area is 157 Å². The van der Waals surface area contributed by atoms with Crippen molar-refractivity contribution in [2.45, 2.75) is 32.9 Å². The first-order valence-electron chi connectivity index (χ1n) is 8.96. The summed E-state index contributed by atoms with van der Waals surface area (Å²) in [5, 5.41) is 8.19. The summed E-state index contributed by atoms with van der Waals surface area (Å²) in [6.07, 6.45) is 2.45. The van der Waals surface area contributed by atoms with Crippen molar-refractivity contribution in [3.05, 3.63) is 54.0 Å². The number of anilines is 1. The highest BCUT2D eigenvalue weighted by Crippen LogP contribution is 2.38. The summed E-state index contributed by atoms with van der Waals surface area (Å²) >= 11 is 0. The van der Waals surface area contributed by atoms with E-state index in [0.717, 1.165) is 6.42 Å². The number of furan rings is 1. The minimum absolute atomic E-state index is 0.0153. The van der Waals surface area contributed by atoms with Gasteiger partial charge in [0.05, 0.1) is 12.8 Å². The van der Waals surface area contributed by atoms with Crippen LogP contribution < -0.4 is 16.0 Å². The quantitative estimate of drug-likeness (QED) is 0.697. The van der Waals surface area contributed by atoms with E-state index in [2.05, 4.69) is 16.0 Å². The van der Waals surface area contributed by atoms with Crippen LogP contribution in [-0.2, 0) is 16.1 Å². The molecule has 0 spiro atoms. The predicted molar refractivity (Wildman–Crippen MR) is 99.8 cm³/mol. The van der Waals surface area contributed by atoms with Crippen molar-refractivity contribution in [1.29, 1.82) is 0 Å². The molecule has 1 saturated carbocycles. The molecule has 3 rings (SSSR count). The maximum atomic E-state index is 12.3. The molecule has 3 N–H and O–H groups in total. The lowest BCUT2D eigenvalue weighted by atomic mass is 10.1. The minimum Gasteiger partial charge on any atom is -0.467 e. The molecule has 1 aromatic heterocycles. The smallest absolute Gasteiger partial charge is 0.251 e. The van der Waals surface area contributed by atoms with Crippen LogP contribution in [0.1, 0.15) is 36.4 Å². The van der Waals surface area contributed by atoms with E-state index in [1.54, 1.807) is 43.3 Å². The lowest BCUT2D eigenvalue weighted by molar-refractivity contribution is -0.122. The third-order valence-electron chi connectivity index (χ3n) is 4.62. The highest BCUT2D eigenvalue weighted by Gasteiger charge is 2.39. The highest BCUT2D eigenvalue weighted by molar-refractivity contribution is 5.98. The molecular formula is C20H23N3O4. The Kier molecular flexibility index (Phi) is 5.59. The van der Waals surface area contributed by atoms with Gasteiger partial charge < -0.3 is 20.4 Å². The maximum absolute atomic E-state index is 12.3. The Bertz CT molecular complexity index is 814. The zero-order valence-corrected chi connectivity index (χ0v) is 15.3. The molecule has 0 radical (unpaired) electrons. The van der Waals surface area contributed by atoms with Crippen LogP contribution in [0.3, 0.4) is 0 Å². The van der Waals surface area contributed by atoms with Gasteiger partial charge in [-0.15, -0.1) is 0 Å². The van der Waals surface area contributed by atoms with Crippen LogP contribution in [-0.4, -0.2) is 23.8 Å². The molecular weight excluding hydrogens is 346 g/mol. The molecule has 1 aromatic carbocycles. The fourth-order valence-corrected chi connectivity index (χ4v) is 2.71. The number of carbonyl (C=O) groups excluding carboxylic acids is 3. The number of benzene rings is 1. The molecule has 7 nitrogen and oxygen atoms in total. The summed E-state index contributed by atoms with van der Waals surface area (Å²) in [7, 11) is 0. The van der Waals surface area contributed by atoms with Gasteiger partial charge in [0.25, 0.3) is 5.91 Å². The van der Waals surface area contributed by atoms with Gasteiger partial charge in [-0.3, -0.25) is 14.4 Å². The second kappa shape index (κ2) is 8.07. The molecule has 1 heterocycles. The Balaban J connectivity index is 1.48. The molecule has 1 aliphatic rings. The zero-order valence-electron chi connectivity index (χ0n) is 15.3. The number of amides is 3. The number of carbonyl (C=O) groups is 3. The van der Waals surface area contributed by atoms with Gasteiger partial charge in [-0.2, -0.15) is 0 Å². The second-order valence-corrected chi connectivity index (χ2v) is 6.88. The SMILES string of the molecule is CC(NC(=O)c1ccc(NC(=O)C2CC2C)cc1)C(=O)NCc1ccco1. The van der Waals surface area contributed by atoms with Crippen LogP contribution in [0.25, 0.3) is 0 Å². The third kappa shape index (κ3) is 4.97. The number of hydrogen-bond donors (Lipinski definition) is 3. The molecule has 3 unspecified atom stereocenters. The average molecular weight is 369 g/mol. The van der Waals surface area contributed by atoms with Gasteiger partial charge in [0.15, 0.2) is 0 Å². The van der Waals surface area contributed by atoms with Gasteiger partial charge in [0.2, 0.25) is 11.8 Å². The lowest BCUT2D eigenvalue weighted by Crippen LogP contribution is -2.44. The number of hydrogen-bond acceptors (Lipinski definition) is 4. The summed E-state index contributed by atoms with van der Waals surface area (Å²) < 4.78 is 5.15. The van der Waals surface area contributed by atoms with E-state index < -0.39 is 6.04 Å². The summed E-state index contributed by atoms with van der Waals surface area (Å²) in [5.41, 5.74) is 1.07. The first-order chi connectivity index (χ1) is 12.9. The lowest BCUT2D eigenvalue weighted by Gasteiger charge is -2.14. The normalized spacial score (nSPS) is 19.0. The molecule has 27 heavy (non-hydrogen) atoms. The third-order valence-corrected chi connectivity index (χ3v) is 4.62. The Morgan fingerprint density at radius 3 is 2.48 bits per heavy atom. The van der Waals surface area contributed by atoms with Crippen LogP contribution in [0.15, 0.2) is 47.1 Å². The molecule has 3 atom stereocenters. The van der Waals surface area contributed by atoms with Gasteiger partial charge in [-0.1, -0.05) is 6.92 Å². The summed E-state index contributed by atoms with van der Waals surface area (Å²) in [6, 6.07) is 9.41. The van der Waals surface area contributed by atoms with Crippen LogP contribution in [0.5, 0.6) is 0 Å². The molecule has 0 saturated heterocycles. The van der Waals surface area contributed by atoms with Gasteiger partial charge in [0.1, 0.15) is 11.8 Å². The summed E-state index contributed by atoms with van der Waals surface area (Å²) in [4.78, 5) is 36.3. The zero-order chi connectivity index (χ0) is 19.4. The Hall–Kier alpha value is -3.09. The Morgan fingerprint density at radius 1 is 1.19 bits per heavy atom. The summed E-state index contributed by atoms with van der Waals surface area (Å²) in [5.74, 6) is 0.525. The van der Waals surface area contributed by atoms with Crippen molar-refractivity contribution in [1.82, 2.24) is 10.6 Å². The Morgan fingerprint density at radius 2 is 1.89 bits per heavy atom. The van der Waals surface area contributed by atoms with E-state index >= 15 is 0 Å². The molecule has 0 aliphatic heterocycles. The van der Waals surface area contributed by atoms with Crippen molar-refractivity contribution in [3.63, 3.8) is 0 Å². The molecule has 0 bridgehead atoms. The van der Waals surface area contributed by atoms with Crippen LogP contribution >= 0.6 is 0 Å². The maximum Gasteiger partial charge on any atom is 0.251 e. The van der Waals surface area contributed by atoms with E-state index in [-0.39, 0.29) is 30.2 Å². The largest absolute Gasteiger partial charge is 0.467 e. The van der Waals surface area contributed by atoms with E-state index in [4.69, 9.17) is 4.42 Å². The van der Waals surface area contributed by atoms with Gasteiger partial charge in [0, 0.05) is 17.2 Å². The van der Waals surface area contributed by atoms with Crippen molar-refractivity contribution < 1.29 is 18.8 Å². The summed E-state index contributed by atoms with van der Waals surface area (Å²) in [6.45, 7) is 3.92. The van der Waals surface area contributed by atoms with Gasteiger partial charge in [-0.05, 0) is 55.7 Å². The average Bonchev–Trinajstić information content (AvgIpc) is 3.17. The molecule has 142 valence electrons. The van der Waals surface area contributed by atoms with Crippen molar-refractivity contribution in [2.24, 2.45) is 11.8 Å². The van der Waals surface area contributed by atoms with Crippen LogP contribution in [0, 0.1) is 11.8 Å². The van der Waals surface area contributed by atoms with E-state index in [1.807, 2.05) is 6.92 Å². The standard InChI is InChI=1S/C20H23N3O4/c1-12-10-17(12)20(26)23-15-7-5-14(6-8-15)19(25)22-13(2)18(24)21-11-16-4-3-9-27-16/h3-9,12-13,17H,10-11H2,1-2H3,(H,21,24)(H,22,25)(H,23,26). The fourth-order valence-electron chi connectivity index (χ4n) is 2.71. The van der Waals surface area contributed by atoms with E-state index in [0.29, 0.717) is 22.9 Å². The first-order valence-corrected chi connectivity index (χ1v) is 8.96. The van der Waals surface area contributed by atoms with Gasteiger partial charge in [-0.25, -0.2) is 0 Å². The number of nitrogens with one attached hydrogen (secondary N) is 3. The molecule has 7 heteroatoms. The van der Waals surface area contributed by atoms with Crippen molar-refractivity contribution >= 4 is 23.4 Å². The van der Waals surface area contributed by atoms with Gasteiger partial charge >= 0.3 is 0 Å². The van der Waals surface area contributed by atoms with Crippen LogP contribution in [0.2, 0.25) is 0 Å². The van der Waals surface area contributed by atoms with Crippen LogP contribution in [0.4, 0.5) is 5.69 Å². The van der Waals surface area contributed by atoms with E-state index in [1.165, 1.54) is 6.26 Å². The topological polar surface area (TPSA) is 100 Å². The fraction of sp³-hybridized carbons (Fsp3) is 0.350. The minimum atomic E-state index is -0.691. The molecule has 1 aliphatic carbocycles. The molecule has 2 aromatic rings. The van der Waals surface area contributed by atoms with E-state index in [9.17, 15) is 14.4 Å². The first kappa shape index (κ1) is 18.7. The van der Waals surface area contributed by atoms with Crippen molar-refractivity contribution in [3.8, 4) is 0 Å². The van der Waals surface area contributed by atoms with Crippen molar-refractivity contribution in [2.75, 3.05) is 5.32 Å². The molecule has 1 fully saturated rings.